The Morgan fingerprint density at radius 2 is 1.00 bits per heavy atom. The summed E-state index contributed by atoms with van der Waals surface area (Å²) in [5, 5.41) is 0. The van der Waals surface area contributed by atoms with Crippen molar-refractivity contribution >= 4 is 11.1 Å². The molecule has 2 aromatic rings. The van der Waals surface area contributed by atoms with Crippen LogP contribution in [0.3, 0.4) is 0 Å². The van der Waals surface area contributed by atoms with Crippen LogP contribution in [0.4, 0.5) is 0 Å². The third kappa shape index (κ3) is 5.87. The molecule has 202 valence electrons. The van der Waals surface area contributed by atoms with Gasteiger partial charge in [-0.3, -0.25) is 0 Å². The molecule has 2 aliphatic heterocycles. The van der Waals surface area contributed by atoms with E-state index in [4.69, 9.17) is 18.9 Å². The molecule has 0 radical (unpaired) electrons. The molecule has 0 spiro atoms. The normalized spacial score (nSPS) is 26.4. The average molecular weight is 515 g/mol. The van der Waals surface area contributed by atoms with Crippen LogP contribution in [0.15, 0.2) is 36.4 Å². The maximum Gasteiger partial charge on any atom is 0.125 e. The zero-order valence-electron chi connectivity index (χ0n) is 23.5. The number of epoxide rings is 2. The molecule has 2 aliphatic carbocycles. The van der Waals surface area contributed by atoms with Gasteiger partial charge in [0, 0.05) is 0 Å². The quantitative estimate of drug-likeness (QED) is 0.324. The Labute approximate surface area is 228 Å². The lowest BCUT2D eigenvalue weighted by Crippen LogP contribution is -2.19. The van der Waals surface area contributed by atoms with Gasteiger partial charge in [0.05, 0.1) is 13.2 Å². The highest BCUT2D eigenvalue weighted by molar-refractivity contribution is 5.70. The molecular weight excluding hydrogens is 472 g/mol. The van der Waals surface area contributed by atoms with Gasteiger partial charge in [0.15, 0.2) is 0 Å². The minimum atomic E-state index is 0.290. The van der Waals surface area contributed by atoms with E-state index in [1.54, 1.807) is 0 Å². The van der Waals surface area contributed by atoms with Crippen LogP contribution in [0.5, 0.6) is 11.5 Å². The van der Waals surface area contributed by atoms with Crippen molar-refractivity contribution in [2.45, 2.75) is 78.4 Å². The molecule has 4 aliphatic rings. The fraction of sp³-hybridized carbons (Fsp3) is 0.529. The molecular formula is C34H42O4. The molecule has 2 saturated heterocycles. The highest BCUT2D eigenvalue weighted by Crippen LogP contribution is 2.42. The lowest BCUT2D eigenvalue weighted by Gasteiger charge is -2.32. The maximum absolute atomic E-state index is 6.05. The summed E-state index contributed by atoms with van der Waals surface area (Å²) in [6.45, 7) is 11.7. The van der Waals surface area contributed by atoms with Crippen LogP contribution in [-0.4, -0.2) is 38.6 Å². The van der Waals surface area contributed by atoms with Crippen molar-refractivity contribution in [1.82, 2.24) is 0 Å². The molecule has 2 fully saturated rings. The van der Waals surface area contributed by atoms with Gasteiger partial charge in [-0.15, -0.1) is 0 Å². The monoisotopic (exact) mass is 514 g/mol. The zero-order chi connectivity index (χ0) is 26.2. The Kier molecular flexibility index (Phi) is 7.37. The van der Waals surface area contributed by atoms with Crippen molar-refractivity contribution < 1.29 is 18.9 Å². The van der Waals surface area contributed by atoms with Gasteiger partial charge in [-0.1, -0.05) is 12.2 Å². The van der Waals surface area contributed by atoms with Crippen LogP contribution in [0, 0.1) is 39.5 Å². The second-order valence-corrected chi connectivity index (χ2v) is 11.9. The molecule has 6 rings (SSSR count). The van der Waals surface area contributed by atoms with E-state index in [1.807, 2.05) is 0 Å². The molecule has 2 aromatic carbocycles. The molecule has 4 atom stereocenters. The third-order valence-electron chi connectivity index (χ3n) is 8.86. The first-order valence-electron chi connectivity index (χ1n) is 14.5. The van der Waals surface area contributed by atoms with E-state index in [2.05, 4.69) is 64.1 Å². The summed E-state index contributed by atoms with van der Waals surface area (Å²) >= 11 is 0. The van der Waals surface area contributed by atoms with Crippen LogP contribution < -0.4 is 9.47 Å². The topological polar surface area (TPSA) is 43.5 Å². The Morgan fingerprint density at radius 3 is 1.29 bits per heavy atom. The SMILES string of the molecule is Cc1cc(C2=CCC(C3CC=C(c4cc(C)c(OCC5CO5)c(C)c4)CC3)CC2)cc(C)c1OCC1CO1. The van der Waals surface area contributed by atoms with Gasteiger partial charge in [-0.25, -0.2) is 0 Å². The highest BCUT2D eigenvalue weighted by atomic mass is 16.6. The third-order valence-corrected chi connectivity index (χ3v) is 8.86. The summed E-state index contributed by atoms with van der Waals surface area (Å²) in [6.07, 6.45) is 13.0. The van der Waals surface area contributed by atoms with Crippen molar-refractivity contribution in [1.29, 1.82) is 0 Å². The fourth-order valence-electron chi connectivity index (χ4n) is 6.50. The van der Waals surface area contributed by atoms with Gasteiger partial charge in [-0.05, 0) is 147 Å². The maximum atomic E-state index is 6.05. The zero-order valence-corrected chi connectivity index (χ0v) is 23.5. The largest absolute Gasteiger partial charge is 0.490 e. The Morgan fingerprint density at radius 1 is 0.632 bits per heavy atom. The number of hydrogen-bond acceptors (Lipinski definition) is 4. The number of rotatable bonds is 9. The van der Waals surface area contributed by atoms with E-state index in [-0.39, 0.29) is 12.2 Å². The average Bonchev–Trinajstić information content (AvgIpc) is 3.84. The standard InChI is InChI=1S/C34H42O4/c1-21-13-29(14-22(2)33(21)37-19-31-17-35-31)27-9-5-25(6-10-27)26-7-11-28(12-8-26)30-15-23(3)34(24(4)16-30)38-20-32-18-36-32/h9,11,13-16,25-26,31-32H,5-8,10,12,17-20H2,1-4H3. The molecule has 0 aromatic heterocycles. The Bertz CT molecular complexity index is 1100. The minimum Gasteiger partial charge on any atom is -0.490 e. The number of ether oxygens (including phenoxy) is 4. The van der Waals surface area contributed by atoms with Gasteiger partial charge < -0.3 is 18.9 Å². The van der Waals surface area contributed by atoms with E-state index >= 15 is 0 Å². The Balaban J connectivity index is 1.06. The summed E-state index contributed by atoms with van der Waals surface area (Å²) in [7, 11) is 0. The second-order valence-electron chi connectivity index (χ2n) is 11.9. The first kappa shape index (κ1) is 25.7. The van der Waals surface area contributed by atoms with Crippen LogP contribution in [0.1, 0.15) is 71.9 Å². The molecule has 4 nitrogen and oxygen atoms in total. The first-order valence-corrected chi connectivity index (χ1v) is 14.5. The van der Waals surface area contributed by atoms with Gasteiger partial charge in [0.2, 0.25) is 0 Å². The first-order chi connectivity index (χ1) is 18.4. The number of aryl methyl sites for hydroxylation is 4. The minimum absolute atomic E-state index is 0.290. The highest BCUT2D eigenvalue weighted by Gasteiger charge is 2.28. The van der Waals surface area contributed by atoms with Gasteiger partial charge in [0.25, 0.3) is 0 Å². The lowest BCUT2D eigenvalue weighted by atomic mass is 9.73. The molecule has 38 heavy (non-hydrogen) atoms. The summed E-state index contributed by atoms with van der Waals surface area (Å²) < 4.78 is 22.7. The van der Waals surface area contributed by atoms with E-state index < -0.39 is 0 Å². The van der Waals surface area contributed by atoms with Gasteiger partial charge in [-0.2, -0.15) is 0 Å². The van der Waals surface area contributed by atoms with Crippen LogP contribution in [0.25, 0.3) is 11.1 Å². The fourth-order valence-corrected chi connectivity index (χ4v) is 6.50. The van der Waals surface area contributed by atoms with Crippen LogP contribution in [0.2, 0.25) is 0 Å². The van der Waals surface area contributed by atoms with Gasteiger partial charge >= 0.3 is 0 Å². The van der Waals surface area contributed by atoms with E-state index in [1.165, 1.54) is 83.1 Å². The van der Waals surface area contributed by atoms with Crippen LogP contribution >= 0.6 is 0 Å². The van der Waals surface area contributed by atoms with Crippen molar-refractivity contribution in [2.24, 2.45) is 11.8 Å². The number of benzene rings is 2. The van der Waals surface area contributed by atoms with Crippen molar-refractivity contribution in [3.8, 4) is 11.5 Å². The number of hydrogen-bond donors (Lipinski definition) is 0. The predicted octanol–water partition coefficient (Wildman–Crippen LogP) is 7.54. The molecule has 0 amide bonds. The van der Waals surface area contributed by atoms with Crippen LogP contribution in [-0.2, 0) is 9.47 Å². The number of allylic oxidation sites excluding steroid dienone is 4. The summed E-state index contributed by atoms with van der Waals surface area (Å²) in [6, 6.07) is 9.27. The summed E-state index contributed by atoms with van der Waals surface area (Å²) in [5.41, 5.74) is 10.7. The predicted molar refractivity (Wildman–Crippen MR) is 153 cm³/mol. The molecule has 0 saturated carbocycles. The smallest absolute Gasteiger partial charge is 0.125 e. The molecule has 0 bridgehead atoms. The Hall–Kier alpha value is -2.56. The molecule has 4 heteroatoms. The summed E-state index contributed by atoms with van der Waals surface area (Å²) in [5.74, 6) is 3.65. The van der Waals surface area contributed by atoms with E-state index in [0.29, 0.717) is 13.2 Å². The van der Waals surface area contributed by atoms with Crippen molar-refractivity contribution in [3.63, 3.8) is 0 Å². The van der Waals surface area contributed by atoms with Crippen molar-refractivity contribution in [2.75, 3.05) is 26.4 Å². The lowest BCUT2D eigenvalue weighted by molar-refractivity contribution is 0.260. The van der Waals surface area contributed by atoms with Crippen molar-refractivity contribution in [3.05, 3.63) is 69.8 Å². The molecule has 4 unspecified atom stereocenters. The molecule has 0 N–H and O–H groups in total. The van der Waals surface area contributed by atoms with E-state index in [9.17, 15) is 0 Å². The van der Waals surface area contributed by atoms with E-state index in [0.717, 1.165) is 36.5 Å². The molecule has 2 heterocycles. The summed E-state index contributed by atoms with van der Waals surface area (Å²) in [4.78, 5) is 0. The second kappa shape index (κ2) is 10.9. The van der Waals surface area contributed by atoms with Gasteiger partial charge in [0.1, 0.15) is 36.9 Å².